The van der Waals surface area contributed by atoms with E-state index in [0.717, 1.165) is 19.4 Å². The van der Waals surface area contributed by atoms with Crippen molar-refractivity contribution in [3.05, 3.63) is 0 Å². The highest BCUT2D eigenvalue weighted by molar-refractivity contribution is 5.74. The summed E-state index contributed by atoms with van der Waals surface area (Å²) in [5.41, 5.74) is -0.191. The highest BCUT2D eigenvalue weighted by atomic mass is 16.4. The molecule has 3 nitrogen and oxygen atoms in total. The third-order valence-electron chi connectivity index (χ3n) is 3.33. The molecule has 3 heteroatoms. The van der Waals surface area contributed by atoms with Crippen LogP contribution in [0.15, 0.2) is 0 Å². The van der Waals surface area contributed by atoms with Crippen molar-refractivity contribution < 1.29 is 9.90 Å². The second kappa shape index (κ2) is 3.78. The zero-order valence-corrected chi connectivity index (χ0v) is 10.5. The van der Waals surface area contributed by atoms with Crippen molar-refractivity contribution in [3.63, 3.8) is 0 Å². The number of rotatable bonds is 2. The van der Waals surface area contributed by atoms with E-state index < -0.39 is 5.97 Å². The molecule has 0 aliphatic carbocycles. The van der Waals surface area contributed by atoms with Gasteiger partial charge in [-0.2, -0.15) is 0 Å². The van der Waals surface area contributed by atoms with Crippen molar-refractivity contribution in [1.29, 1.82) is 0 Å². The summed E-state index contributed by atoms with van der Waals surface area (Å²) in [6.45, 7) is 11.2. The van der Waals surface area contributed by atoms with Gasteiger partial charge >= 0.3 is 5.97 Å². The number of likely N-dealkylation sites (tertiary alicyclic amines) is 1. The molecule has 0 aromatic heterocycles. The molecular weight excluding hydrogens is 190 g/mol. The molecule has 1 saturated heterocycles. The van der Waals surface area contributed by atoms with Gasteiger partial charge in [-0.3, -0.25) is 9.69 Å². The molecule has 0 spiro atoms. The van der Waals surface area contributed by atoms with Crippen LogP contribution in [0, 0.1) is 5.41 Å². The van der Waals surface area contributed by atoms with E-state index in [4.69, 9.17) is 0 Å². The molecule has 0 aromatic carbocycles. The Hall–Kier alpha value is -0.570. The van der Waals surface area contributed by atoms with Crippen molar-refractivity contribution in [1.82, 2.24) is 4.90 Å². The monoisotopic (exact) mass is 213 g/mol. The van der Waals surface area contributed by atoms with Crippen molar-refractivity contribution >= 4 is 5.97 Å². The second-order valence-corrected chi connectivity index (χ2v) is 6.22. The maximum Gasteiger partial charge on any atom is 0.321 e. The SMILES string of the molecule is CC(C)(C)C(C(=O)O)N1CCCC1(C)C. The van der Waals surface area contributed by atoms with E-state index >= 15 is 0 Å². The summed E-state index contributed by atoms with van der Waals surface area (Å²) in [5, 5.41) is 9.36. The van der Waals surface area contributed by atoms with Gasteiger partial charge in [0.25, 0.3) is 0 Å². The number of aliphatic carboxylic acids is 1. The molecule has 15 heavy (non-hydrogen) atoms. The summed E-state index contributed by atoms with van der Waals surface area (Å²) in [6, 6.07) is -0.380. The first-order valence-electron chi connectivity index (χ1n) is 5.66. The second-order valence-electron chi connectivity index (χ2n) is 6.22. The Balaban J connectivity index is 2.96. The van der Waals surface area contributed by atoms with Crippen LogP contribution >= 0.6 is 0 Å². The summed E-state index contributed by atoms with van der Waals surface area (Å²) < 4.78 is 0. The van der Waals surface area contributed by atoms with Crippen LogP contribution in [-0.4, -0.2) is 34.1 Å². The van der Waals surface area contributed by atoms with Crippen molar-refractivity contribution in [2.24, 2.45) is 5.41 Å². The Labute approximate surface area is 92.5 Å². The Bertz CT molecular complexity index is 253. The first-order valence-corrected chi connectivity index (χ1v) is 5.66. The molecule has 1 aliphatic rings. The van der Waals surface area contributed by atoms with Gasteiger partial charge in [0.15, 0.2) is 0 Å². The van der Waals surface area contributed by atoms with E-state index in [1.165, 1.54) is 0 Å². The average Bonchev–Trinajstić information content (AvgIpc) is 2.27. The lowest BCUT2D eigenvalue weighted by atomic mass is 9.84. The molecule has 1 aliphatic heterocycles. The summed E-state index contributed by atoms with van der Waals surface area (Å²) >= 11 is 0. The van der Waals surface area contributed by atoms with Crippen LogP contribution in [0.2, 0.25) is 0 Å². The fourth-order valence-electron chi connectivity index (χ4n) is 2.58. The first kappa shape index (κ1) is 12.5. The highest BCUT2D eigenvalue weighted by Gasteiger charge is 2.45. The normalized spacial score (nSPS) is 24.1. The smallest absolute Gasteiger partial charge is 0.321 e. The fourth-order valence-corrected chi connectivity index (χ4v) is 2.58. The minimum Gasteiger partial charge on any atom is -0.480 e. The lowest BCUT2D eigenvalue weighted by molar-refractivity contribution is -0.149. The first-order chi connectivity index (χ1) is 6.66. The zero-order valence-electron chi connectivity index (χ0n) is 10.5. The van der Waals surface area contributed by atoms with Crippen LogP contribution in [0.25, 0.3) is 0 Å². The van der Waals surface area contributed by atoms with Crippen LogP contribution in [-0.2, 0) is 4.79 Å². The number of carboxylic acid groups (broad SMARTS) is 1. The number of nitrogens with zero attached hydrogens (tertiary/aromatic N) is 1. The molecule has 1 N–H and O–H groups in total. The van der Waals surface area contributed by atoms with Gasteiger partial charge in [0, 0.05) is 5.54 Å². The molecule has 1 rings (SSSR count). The molecule has 1 atom stereocenters. The van der Waals surface area contributed by atoms with Crippen LogP contribution in [0.3, 0.4) is 0 Å². The number of hydrogen-bond donors (Lipinski definition) is 1. The van der Waals surface area contributed by atoms with Crippen LogP contribution in [0.1, 0.15) is 47.5 Å². The Morgan fingerprint density at radius 3 is 2.20 bits per heavy atom. The zero-order chi connectivity index (χ0) is 11.9. The average molecular weight is 213 g/mol. The quantitative estimate of drug-likeness (QED) is 0.765. The van der Waals surface area contributed by atoms with Crippen molar-refractivity contribution in [2.75, 3.05) is 6.54 Å². The molecule has 1 fully saturated rings. The highest BCUT2D eigenvalue weighted by Crippen LogP contribution is 2.36. The summed E-state index contributed by atoms with van der Waals surface area (Å²) in [6.07, 6.45) is 2.19. The largest absolute Gasteiger partial charge is 0.480 e. The Morgan fingerprint density at radius 1 is 1.40 bits per heavy atom. The number of carbonyl (C=O) groups is 1. The van der Waals surface area contributed by atoms with Gasteiger partial charge in [-0.05, 0) is 38.6 Å². The maximum absolute atomic E-state index is 11.4. The van der Waals surface area contributed by atoms with Gasteiger partial charge in [0.1, 0.15) is 6.04 Å². The molecular formula is C12H23NO2. The van der Waals surface area contributed by atoms with E-state index in [-0.39, 0.29) is 17.0 Å². The minimum absolute atomic E-state index is 0.0241. The summed E-state index contributed by atoms with van der Waals surface area (Å²) in [7, 11) is 0. The molecule has 0 radical (unpaired) electrons. The van der Waals surface area contributed by atoms with Gasteiger partial charge in [0.05, 0.1) is 0 Å². The molecule has 0 amide bonds. The molecule has 0 saturated carbocycles. The Kier molecular flexibility index (Phi) is 3.15. The number of carboxylic acids is 1. The van der Waals surface area contributed by atoms with Crippen LogP contribution in [0.4, 0.5) is 0 Å². The Morgan fingerprint density at radius 2 is 1.93 bits per heavy atom. The number of hydrogen-bond acceptors (Lipinski definition) is 2. The van der Waals surface area contributed by atoms with E-state index in [9.17, 15) is 9.90 Å². The van der Waals surface area contributed by atoms with E-state index in [1.807, 2.05) is 20.8 Å². The van der Waals surface area contributed by atoms with Gasteiger partial charge < -0.3 is 5.11 Å². The van der Waals surface area contributed by atoms with Gasteiger partial charge in [0.2, 0.25) is 0 Å². The van der Waals surface area contributed by atoms with Crippen LogP contribution in [0.5, 0.6) is 0 Å². The lowest BCUT2D eigenvalue weighted by Crippen LogP contribution is -2.54. The van der Waals surface area contributed by atoms with Crippen molar-refractivity contribution in [3.8, 4) is 0 Å². The van der Waals surface area contributed by atoms with Crippen molar-refractivity contribution in [2.45, 2.75) is 59.0 Å². The third-order valence-corrected chi connectivity index (χ3v) is 3.33. The predicted octanol–water partition coefficient (Wildman–Crippen LogP) is 2.36. The van der Waals surface area contributed by atoms with E-state index in [2.05, 4.69) is 18.7 Å². The minimum atomic E-state index is -0.697. The van der Waals surface area contributed by atoms with Gasteiger partial charge in [-0.25, -0.2) is 0 Å². The molecule has 0 bridgehead atoms. The maximum atomic E-state index is 11.4. The lowest BCUT2D eigenvalue weighted by Gasteiger charge is -2.42. The molecule has 1 heterocycles. The van der Waals surface area contributed by atoms with Gasteiger partial charge in [-0.15, -0.1) is 0 Å². The molecule has 1 unspecified atom stereocenters. The fraction of sp³-hybridized carbons (Fsp3) is 0.917. The van der Waals surface area contributed by atoms with Gasteiger partial charge in [-0.1, -0.05) is 20.8 Å². The summed E-state index contributed by atoms with van der Waals surface area (Å²) in [5.74, 6) is -0.697. The molecule has 0 aromatic rings. The standard InChI is InChI=1S/C12H23NO2/c1-11(2,3)9(10(14)15)13-8-6-7-12(13,4)5/h9H,6-8H2,1-5H3,(H,14,15). The van der Waals surface area contributed by atoms with E-state index in [0.29, 0.717) is 0 Å². The topological polar surface area (TPSA) is 40.5 Å². The molecule has 88 valence electrons. The van der Waals surface area contributed by atoms with E-state index in [1.54, 1.807) is 0 Å². The third kappa shape index (κ3) is 2.51. The van der Waals surface area contributed by atoms with Crippen LogP contribution < -0.4 is 0 Å². The predicted molar refractivity (Wildman–Crippen MR) is 60.9 cm³/mol. The summed E-state index contributed by atoms with van der Waals surface area (Å²) in [4.78, 5) is 13.5.